The van der Waals surface area contributed by atoms with Crippen molar-refractivity contribution in [3.63, 3.8) is 0 Å². The van der Waals surface area contributed by atoms with Gasteiger partial charge in [-0.15, -0.1) is 0 Å². The molecule has 0 saturated carbocycles. The van der Waals surface area contributed by atoms with Crippen LogP contribution in [0.3, 0.4) is 0 Å². The molecule has 0 aromatic carbocycles. The molecule has 0 N–H and O–H groups in total. The lowest BCUT2D eigenvalue weighted by Gasteiger charge is -2.42. The van der Waals surface area contributed by atoms with Gasteiger partial charge in [0.05, 0.1) is 13.0 Å². The smallest absolute Gasteiger partial charge is 0.328 e. The first-order valence-corrected chi connectivity index (χ1v) is 5.93. The molecule has 1 saturated heterocycles. The van der Waals surface area contributed by atoms with Crippen LogP contribution in [0.1, 0.15) is 6.42 Å². The Bertz CT molecular complexity index is 365. The molecule has 0 radical (unpaired) electrons. The first-order valence-electron chi connectivity index (χ1n) is 4.35. The molecular weight excluding hydrogens is 332 g/mol. The summed E-state index contributed by atoms with van der Waals surface area (Å²) in [5.41, 5.74) is 0. The Hall–Kier alpha value is -0.360. The van der Waals surface area contributed by atoms with Crippen LogP contribution >= 0.6 is 31.9 Å². The average Bonchev–Trinajstić information content (AvgIpc) is 2.19. The lowest BCUT2D eigenvalue weighted by atomic mass is 9.80. The molecule has 1 fully saturated rings. The second-order valence-corrected chi connectivity index (χ2v) is 5.73. The van der Waals surface area contributed by atoms with Gasteiger partial charge in [-0.2, -0.15) is 0 Å². The van der Waals surface area contributed by atoms with Crippen molar-refractivity contribution in [3.8, 4) is 0 Å². The molecular formula is C9H8Br2O4. The molecule has 2 bridgehead atoms. The first-order chi connectivity index (χ1) is 6.99. The minimum atomic E-state index is -1.08. The Kier molecular flexibility index (Phi) is 2.66. The van der Waals surface area contributed by atoms with Crippen LogP contribution in [0, 0.1) is 5.92 Å². The number of fused-ring (bicyclic) bond motifs is 2. The molecule has 0 aromatic heterocycles. The largest absolute Gasteiger partial charge is 0.469 e. The molecule has 4 nitrogen and oxygen atoms in total. The molecule has 0 aromatic rings. The van der Waals surface area contributed by atoms with Gasteiger partial charge < -0.3 is 9.47 Å². The fourth-order valence-corrected chi connectivity index (χ4v) is 3.49. The van der Waals surface area contributed by atoms with E-state index in [9.17, 15) is 9.59 Å². The predicted molar refractivity (Wildman–Crippen MR) is 58.7 cm³/mol. The number of carbonyl (C=O) groups is 2. The Morgan fingerprint density at radius 2 is 2.40 bits per heavy atom. The topological polar surface area (TPSA) is 52.6 Å². The quantitative estimate of drug-likeness (QED) is 0.537. The van der Waals surface area contributed by atoms with Crippen molar-refractivity contribution in [1.29, 1.82) is 0 Å². The average molecular weight is 340 g/mol. The number of methoxy groups -OCH3 is 1. The second kappa shape index (κ2) is 3.59. The minimum absolute atomic E-state index is 0.360. The highest BCUT2D eigenvalue weighted by Crippen LogP contribution is 2.47. The lowest BCUT2D eigenvalue weighted by Crippen LogP contribution is -2.55. The molecule has 0 amide bonds. The third kappa shape index (κ3) is 1.54. The SMILES string of the molecule is COC(=O)[C@@H]1C[C@@H]2OC(=O)[C@@]1(Br)C=C2Br. The number of halogens is 2. The van der Waals surface area contributed by atoms with Crippen LogP contribution in [0.2, 0.25) is 0 Å². The molecule has 1 aliphatic carbocycles. The molecule has 2 heterocycles. The summed E-state index contributed by atoms with van der Waals surface area (Å²) >= 11 is 6.57. The molecule has 3 atom stereocenters. The zero-order valence-electron chi connectivity index (χ0n) is 7.83. The van der Waals surface area contributed by atoms with Crippen LogP contribution in [0.15, 0.2) is 10.6 Å². The Morgan fingerprint density at radius 3 is 3.00 bits per heavy atom. The van der Waals surface area contributed by atoms with Crippen molar-refractivity contribution < 1.29 is 19.1 Å². The van der Waals surface area contributed by atoms with Crippen LogP contribution in [-0.2, 0) is 19.1 Å². The Morgan fingerprint density at radius 1 is 1.73 bits per heavy atom. The minimum Gasteiger partial charge on any atom is -0.469 e. The standard InChI is InChI=1S/C9H8Br2O4/c1-14-7(12)4-2-6-5(10)3-9(4,11)8(13)15-6/h3-4,6H,2H2,1H3/t4-,6-,9+/m0/s1. The number of rotatable bonds is 1. The number of alkyl halides is 1. The number of esters is 2. The van der Waals surface area contributed by atoms with Gasteiger partial charge in [-0.3, -0.25) is 9.59 Å². The summed E-state index contributed by atoms with van der Waals surface area (Å²) < 4.78 is 9.50. The fourth-order valence-electron chi connectivity index (χ4n) is 1.83. The molecule has 3 rings (SSSR count). The van der Waals surface area contributed by atoms with E-state index >= 15 is 0 Å². The first kappa shape index (κ1) is 11.1. The molecule has 0 spiro atoms. The molecule has 2 aliphatic heterocycles. The van der Waals surface area contributed by atoms with E-state index in [-0.39, 0.29) is 6.10 Å². The van der Waals surface area contributed by atoms with Crippen molar-refractivity contribution in [2.45, 2.75) is 16.8 Å². The van der Waals surface area contributed by atoms with Gasteiger partial charge in [-0.1, -0.05) is 31.9 Å². The van der Waals surface area contributed by atoms with E-state index in [1.165, 1.54) is 7.11 Å². The van der Waals surface area contributed by atoms with Crippen LogP contribution in [0.4, 0.5) is 0 Å². The third-order valence-electron chi connectivity index (χ3n) is 2.66. The van der Waals surface area contributed by atoms with E-state index < -0.39 is 22.2 Å². The summed E-state index contributed by atoms with van der Waals surface area (Å²) in [5, 5.41) is 0. The van der Waals surface area contributed by atoms with E-state index in [0.29, 0.717) is 6.42 Å². The van der Waals surface area contributed by atoms with Gasteiger partial charge in [0.15, 0.2) is 4.32 Å². The van der Waals surface area contributed by atoms with E-state index in [1.807, 2.05) is 0 Å². The highest BCUT2D eigenvalue weighted by molar-refractivity contribution is 9.12. The van der Waals surface area contributed by atoms with Gasteiger partial charge in [-0.25, -0.2) is 0 Å². The maximum absolute atomic E-state index is 11.6. The maximum Gasteiger partial charge on any atom is 0.328 e. The van der Waals surface area contributed by atoms with Crippen LogP contribution in [0.25, 0.3) is 0 Å². The number of hydrogen-bond donors (Lipinski definition) is 0. The zero-order valence-corrected chi connectivity index (χ0v) is 11.0. The number of ether oxygens (including phenoxy) is 2. The van der Waals surface area contributed by atoms with Crippen LogP contribution in [0.5, 0.6) is 0 Å². The van der Waals surface area contributed by atoms with Crippen LogP contribution in [-0.4, -0.2) is 29.5 Å². The van der Waals surface area contributed by atoms with Gasteiger partial charge in [0.2, 0.25) is 0 Å². The highest BCUT2D eigenvalue weighted by Gasteiger charge is 2.57. The molecule has 0 unspecified atom stereocenters. The molecule has 6 heteroatoms. The van der Waals surface area contributed by atoms with E-state index in [0.717, 1.165) is 4.48 Å². The maximum atomic E-state index is 11.6. The summed E-state index contributed by atoms with van der Waals surface area (Å²) in [6.45, 7) is 0. The normalized spacial score (nSPS) is 38.3. The van der Waals surface area contributed by atoms with Gasteiger partial charge in [0.1, 0.15) is 6.10 Å². The summed E-state index contributed by atoms with van der Waals surface area (Å²) in [5.74, 6) is -1.35. The van der Waals surface area contributed by atoms with Crippen LogP contribution < -0.4 is 0 Å². The lowest BCUT2D eigenvalue weighted by molar-refractivity contribution is -0.167. The Labute approximate surface area is 103 Å². The van der Waals surface area contributed by atoms with E-state index in [2.05, 4.69) is 36.6 Å². The van der Waals surface area contributed by atoms with Crippen molar-refractivity contribution in [2.24, 2.45) is 5.92 Å². The third-order valence-corrected chi connectivity index (χ3v) is 4.51. The number of carbonyl (C=O) groups excluding carboxylic acids is 2. The second-order valence-electron chi connectivity index (χ2n) is 3.50. The predicted octanol–water partition coefficient (Wildman–Crippen LogP) is 1.52. The molecule has 3 aliphatic rings. The summed E-state index contributed by atoms with van der Waals surface area (Å²) in [4.78, 5) is 23.1. The van der Waals surface area contributed by atoms with Gasteiger partial charge >= 0.3 is 11.9 Å². The number of hydrogen-bond acceptors (Lipinski definition) is 4. The fraction of sp³-hybridized carbons (Fsp3) is 0.556. The highest BCUT2D eigenvalue weighted by atomic mass is 79.9. The van der Waals surface area contributed by atoms with Crippen molar-refractivity contribution in [3.05, 3.63) is 10.6 Å². The van der Waals surface area contributed by atoms with E-state index in [1.54, 1.807) is 6.08 Å². The zero-order chi connectivity index (χ0) is 11.2. The summed E-state index contributed by atoms with van der Waals surface area (Å²) in [6.07, 6.45) is 1.76. The van der Waals surface area contributed by atoms with Gasteiger partial charge in [-0.05, 0) is 6.08 Å². The molecule has 15 heavy (non-hydrogen) atoms. The Balaban J connectivity index is 2.41. The van der Waals surface area contributed by atoms with Crippen molar-refractivity contribution in [1.82, 2.24) is 0 Å². The van der Waals surface area contributed by atoms with Gasteiger partial charge in [0.25, 0.3) is 0 Å². The summed E-state index contributed by atoms with van der Waals surface area (Å²) in [6, 6.07) is 0. The monoisotopic (exact) mass is 338 g/mol. The van der Waals surface area contributed by atoms with Crippen molar-refractivity contribution >= 4 is 43.8 Å². The van der Waals surface area contributed by atoms with E-state index in [4.69, 9.17) is 4.74 Å². The summed E-state index contributed by atoms with van der Waals surface area (Å²) in [7, 11) is 1.31. The molecule has 82 valence electrons. The van der Waals surface area contributed by atoms with Gasteiger partial charge in [0, 0.05) is 10.9 Å². The van der Waals surface area contributed by atoms with Crippen molar-refractivity contribution in [2.75, 3.05) is 7.11 Å².